The highest BCUT2D eigenvalue weighted by Crippen LogP contribution is 2.26. The van der Waals surface area contributed by atoms with Crippen LogP contribution < -0.4 is 14.8 Å². The second kappa shape index (κ2) is 7.74. The summed E-state index contributed by atoms with van der Waals surface area (Å²) in [5, 5.41) is 2.84. The molecule has 0 unspecified atom stereocenters. The summed E-state index contributed by atoms with van der Waals surface area (Å²) >= 11 is 0. The van der Waals surface area contributed by atoms with Gasteiger partial charge in [0, 0.05) is 12.1 Å². The van der Waals surface area contributed by atoms with Crippen molar-refractivity contribution in [3.63, 3.8) is 0 Å². The zero-order valence-electron chi connectivity index (χ0n) is 14.6. The molecule has 2 aromatic rings. The van der Waals surface area contributed by atoms with Crippen LogP contribution in [0.1, 0.15) is 21.5 Å². The van der Waals surface area contributed by atoms with Crippen molar-refractivity contribution in [2.45, 2.75) is 6.54 Å². The number of nitrogens with one attached hydrogen (secondary N) is 1. The number of esters is 1. The number of para-hydroxylation sites is 1. The molecule has 6 nitrogen and oxygen atoms in total. The third-order valence-electron chi connectivity index (χ3n) is 4.05. The topological polar surface area (TPSA) is 73.9 Å². The number of methoxy groups -OCH3 is 2. The lowest BCUT2D eigenvalue weighted by Gasteiger charge is -2.17. The van der Waals surface area contributed by atoms with Crippen LogP contribution in [0.4, 0.5) is 0 Å². The highest BCUT2D eigenvalue weighted by atomic mass is 16.5. The Bertz CT molecular complexity index is 872. The van der Waals surface area contributed by atoms with Crippen LogP contribution >= 0.6 is 0 Å². The molecule has 0 fully saturated rings. The third kappa shape index (κ3) is 3.69. The Morgan fingerprint density at radius 2 is 1.96 bits per heavy atom. The predicted molar refractivity (Wildman–Crippen MR) is 96.1 cm³/mol. The van der Waals surface area contributed by atoms with Crippen LogP contribution in [0.2, 0.25) is 0 Å². The quantitative estimate of drug-likeness (QED) is 0.837. The molecule has 1 N–H and O–H groups in total. The fourth-order valence-corrected chi connectivity index (χ4v) is 2.68. The molecule has 0 radical (unpaired) electrons. The number of benzene rings is 2. The third-order valence-corrected chi connectivity index (χ3v) is 4.05. The molecule has 26 heavy (non-hydrogen) atoms. The van der Waals surface area contributed by atoms with Gasteiger partial charge in [0.05, 0.1) is 19.8 Å². The van der Waals surface area contributed by atoms with E-state index >= 15 is 0 Å². The molecule has 134 valence electrons. The second-order valence-electron chi connectivity index (χ2n) is 5.70. The minimum atomic E-state index is -0.491. The maximum Gasteiger partial charge on any atom is 0.341 e. The average molecular weight is 353 g/mol. The molecule has 1 heterocycles. The van der Waals surface area contributed by atoms with Crippen molar-refractivity contribution < 1.29 is 23.8 Å². The summed E-state index contributed by atoms with van der Waals surface area (Å²) in [6.07, 6.45) is 1.82. The van der Waals surface area contributed by atoms with Crippen molar-refractivity contribution in [3.05, 3.63) is 64.7 Å². The molecule has 0 atom stereocenters. The number of ether oxygens (including phenoxy) is 3. The molecule has 1 aliphatic rings. The Balaban J connectivity index is 1.70. The van der Waals surface area contributed by atoms with Gasteiger partial charge in [-0.25, -0.2) is 4.79 Å². The van der Waals surface area contributed by atoms with E-state index in [2.05, 4.69) is 5.32 Å². The van der Waals surface area contributed by atoms with Gasteiger partial charge < -0.3 is 19.5 Å². The van der Waals surface area contributed by atoms with E-state index in [0.29, 0.717) is 16.9 Å². The van der Waals surface area contributed by atoms with Crippen LogP contribution in [-0.2, 0) is 16.1 Å². The summed E-state index contributed by atoms with van der Waals surface area (Å²) in [4.78, 5) is 24.2. The number of carbonyl (C=O) groups is 2. The van der Waals surface area contributed by atoms with Gasteiger partial charge in [0.25, 0.3) is 5.91 Å². The highest BCUT2D eigenvalue weighted by molar-refractivity contribution is 5.99. The monoisotopic (exact) mass is 353 g/mol. The summed E-state index contributed by atoms with van der Waals surface area (Å²) in [5.41, 5.74) is 2.50. The van der Waals surface area contributed by atoms with E-state index in [1.807, 2.05) is 30.3 Å². The first-order valence-corrected chi connectivity index (χ1v) is 8.08. The first-order valence-electron chi connectivity index (χ1n) is 8.08. The lowest BCUT2D eigenvalue weighted by molar-refractivity contribution is -0.117. The molecule has 0 saturated carbocycles. The van der Waals surface area contributed by atoms with Crippen LogP contribution in [0, 0.1) is 0 Å². The summed E-state index contributed by atoms with van der Waals surface area (Å²) in [6, 6.07) is 12.7. The van der Waals surface area contributed by atoms with Gasteiger partial charge in [0.2, 0.25) is 0 Å². The molecule has 0 saturated heterocycles. The van der Waals surface area contributed by atoms with Crippen LogP contribution in [-0.4, -0.2) is 32.7 Å². The summed E-state index contributed by atoms with van der Waals surface area (Å²) in [7, 11) is 2.79. The molecular weight excluding hydrogens is 334 g/mol. The van der Waals surface area contributed by atoms with Gasteiger partial charge in [-0.3, -0.25) is 4.79 Å². The number of carbonyl (C=O) groups excluding carboxylic acids is 2. The second-order valence-corrected chi connectivity index (χ2v) is 5.70. The number of hydrogen-bond acceptors (Lipinski definition) is 5. The summed E-state index contributed by atoms with van der Waals surface area (Å²) < 4.78 is 15.5. The van der Waals surface area contributed by atoms with Crippen molar-refractivity contribution in [2.75, 3.05) is 20.8 Å². The van der Waals surface area contributed by atoms with E-state index in [1.54, 1.807) is 18.2 Å². The standard InChI is InChI=1S/C20H19NO5/c1-24-18-8-7-13(9-16(18)20(23)25-2)11-21-19(22)15-10-14-5-3-4-6-17(14)26-12-15/h3-10H,11-12H2,1-2H3,(H,21,22). The minimum Gasteiger partial charge on any atom is -0.496 e. The SMILES string of the molecule is COC(=O)c1cc(CNC(=O)C2=Cc3ccccc3OC2)ccc1OC. The lowest BCUT2D eigenvalue weighted by Crippen LogP contribution is -2.28. The van der Waals surface area contributed by atoms with Gasteiger partial charge in [0.15, 0.2) is 0 Å². The molecule has 6 heteroatoms. The molecule has 2 aromatic carbocycles. The van der Waals surface area contributed by atoms with Crippen LogP contribution in [0.25, 0.3) is 6.08 Å². The molecule has 0 bridgehead atoms. The van der Waals surface area contributed by atoms with Gasteiger partial charge in [-0.05, 0) is 29.8 Å². The maximum atomic E-state index is 12.4. The van der Waals surface area contributed by atoms with E-state index in [-0.39, 0.29) is 19.1 Å². The van der Waals surface area contributed by atoms with Gasteiger partial charge in [-0.1, -0.05) is 24.3 Å². The van der Waals surface area contributed by atoms with Gasteiger partial charge in [-0.2, -0.15) is 0 Å². The van der Waals surface area contributed by atoms with E-state index < -0.39 is 5.97 Å². The van der Waals surface area contributed by atoms with E-state index in [9.17, 15) is 9.59 Å². The Morgan fingerprint density at radius 1 is 1.15 bits per heavy atom. The van der Waals surface area contributed by atoms with Crippen LogP contribution in [0.15, 0.2) is 48.0 Å². The molecule has 0 aromatic heterocycles. The summed E-state index contributed by atoms with van der Waals surface area (Å²) in [5.74, 6) is 0.485. The lowest BCUT2D eigenvalue weighted by atomic mass is 10.1. The van der Waals surface area contributed by atoms with Gasteiger partial charge >= 0.3 is 5.97 Å². The fraction of sp³-hybridized carbons (Fsp3) is 0.200. The Labute approximate surface area is 151 Å². The average Bonchev–Trinajstić information content (AvgIpc) is 2.70. The smallest absolute Gasteiger partial charge is 0.341 e. The number of fused-ring (bicyclic) bond motifs is 1. The van der Waals surface area contributed by atoms with E-state index in [0.717, 1.165) is 16.9 Å². The first kappa shape index (κ1) is 17.5. The molecule has 0 spiro atoms. The Hall–Kier alpha value is -3.28. The Morgan fingerprint density at radius 3 is 2.73 bits per heavy atom. The number of amides is 1. The Kier molecular flexibility index (Phi) is 5.22. The molecule has 1 aliphatic heterocycles. The van der Waals surface area contributed by atoms with Crippen molar-refractivity contribution >= 4 is 18.0 Å². The first-order chi connectivity index (χ1) is 12.6. The maximum absolute atomic E-state index is 12.4. The van der Waals surface area contributed by atoms with E-state index in [4.69, 9.17) is 14.2 Å². The molecule has 1 amide bonds. The van der Waals surface area contributed by atoms with Crippen molar-refractivity contribution in [2.24, 2.45) is 0 Å². The van der Waals surface area contributed by atoms with Crippen molar-refractivity contribution in [3.8, 4) is 11.5 Å². The van der Waals surface area contributed by atoms with Crippen molar-refractivity contribution in [1.29, 1.82) is 0 Å². The van der Waals surface area contributed by atoms with Crippen LogP contribution in [0.5, 0.6) is 11.5 Å². The zero-order chi connectivity index (χ0) is 18.5. The summed E-state index contributed by atoms with van der Waals surface area (Å²) in [6.45, 7) is 0.491. The highest BCUT2D eigenvalue weighted by Gasteiger charge is 2.17. The number of rotatable bonds is 5. The number of hydrogen-bond donors (Lipinski definition) is 1. The van der Waals surface area contributed by atoms with Gasteiger partial charge in [-0.15, -0.1) is 0 Å². The molecular formula is C20H19NO5. The fourth-order valence-electron chi connectivity index (χ4n) is 2.68. The van der Waals surface area contributed by atoms with Crippen molar-refractivity contribution in [1.82, 2.24) is 5.32 Å². The molecule has 3 rings (SSSR count). The van der Waals surface area contributed by atoms with E-state index in [1.165, 1.54) is 14.2 Å². The molecule has 0 aliphatic carbocycles. The van der Waals surface area contributed by atoms with Gasteiger partial charge in [0.1, 0.15) is 23.7 Å². The normalized spacial score (nSPS) is 12.3. The van der Waals surface area contributed by atoms with Crippen LogP contribution in [0.3, 0.4) is 0 Å². The largest absolute Gasteiger partial charge is 0.496 e. The minimum absolute atomic E-state index is 0.213. The zero-order valence-corrected chi connectivity index (χ0v) is 14.6. The predicted octanol–water partition coefficient (Wildman–Crippen LogP) is 2.57.